The van der Waals surface area contributed by atoms with E-state index in [1.54, 1.807) is 26.0 Å². The van der Waals surface area contributed by atoms with Gasteiger partial charge >= 0.3 is 0 Å². The van der Waals surface area contributed by atoms with Crippen molar-refractivity contribution in [1.29, 1.82) is 0 Å². The van der Waals surface area contributed by atoms with Crippen LogP contribution in [0.4, 0.5) is 0 Å². The normalized spacial score (nSPS) is 32.6. The van der Waals surface area contributed by atoms with Crippen molar-refractivity contribution in [2.75, 3.05) is 0 Å². The monoisotopic (exact) mass is 409 g/mol. The average Bonchev–Trinajstić information content (AvgIpc) is 2.56. The number of rotatable bonds is 6. The van der Waals surface area contributed by atoms with E-state index >= 15 is 0 Å². The zero-order chi connectivity index (χ0) is 19.4. The van der Waals surface area contributed by atoms with Crippen LogP contribution in [0, 0.1) is 29.6 Å². The summed E-state index contributed by atoms with van der Waals surface area (Å²) >= 11 is 5.84. The molecule has 4 aliphatic rings. The molecule has 0 aromatic heterocycles. The van der Waals surface area contributed by atoms with Gasteiger partial charge in [0.15, 0.2) is 5.78 Å². The third kappa shape index (κ3) is 3.83. The van der Waals surface area contributed by atoms with Crippen molar-refractivity contribution < 1.29 is 13.2 Å². The van der Waals surface area contributed by atoms with Crippen molar-refractivity contribution in [3.05, 3.63) is 29.3 Å². The Kier molecular flexibility index (Phi) is 4.93. The summed E-state index contributed by atoms with van der Waals surface area (Å²) in [6.07, 6.45) is 6.94. The number of carbonyl (C=O) groups is 1. The Hall–Kier alpha value is -0.910. The van der Waals surface area contributed by atoms with Crippen LogP contribution in [0.2, 0.25) is 5.02 Å². The lowest BCUT2D eigenvalue weighted by atomic mass is 9.51. The van der Waals surface area contributed by atoms with Crippen LogP contribution in [0.25, 0.3) is 0 Å². The van der Waals surface area contributed by atoms with E-state index in [9.17, 15) is 13.2 Å². The summed E-state index contributed by atoms with van der Waals surface area (Å²) < 4.78 is 28.0. The summed E-state index contributed by atoms with van der Waals surface area (Å²) in [6, 6.07) is 6.00. The van der Waals surface area contributed by atoms with Crippen molar-refractivity contribution in [1.82, 2.24) is 4.72 Å². The lowest BCUT2D eigenvalue weighted by Crippen LogP contribution is -2.52. The van der Waals surface area contributed by atoms with E-state index in [0.717, 1.165) is 11.8 Å². The van der Waals surface area contributed by atoms with Crippen LogP contribution < -0.4 is 4.72 Å². The molecule has 0 saturated heterocycles. The molecule has 4 nitrogen and oxygen atoms in total. The van der Waals surface area contributed by atoms with Gasteiger partial charge in [-0.25, -0.2) is 8.42 Å². The second-order valence-electron chi connectivity index (χ2n) is 9.41. The number of hydrogen-bond acceptors (Lipinski definition) is 3. The molecule has 0 spiro atoms. The SMILES string of the molecule is CC(C)(NS(=O)(=O)c1ccc(Cl)cc1)C(=O)CC1C2CC3CC(C2)CC1C3. The highest BCUT2D eigenvalue weighted by Gasteiger charge is 2.49. The van der Waals surface area contributed by atoms with E-state index in [-0.39, 0.29) is 10.7 Å². The summed E-state index contributed by atoms with van der Waals surface area (Å²) in [5.41, 5.74) is -1.12. The van der Waals surface area contributed by atoms with Gasteiger partial charge in [-0.2, -0.15) is 4.72 Å². The highest BCUT2D eigenvalue weighted by Crippen LogP contribution is 2.57. The Labute approximate surface area is 167 Å². The number of benzene rings is 1. The summed E-state index contributed by atoms with van der Waals surface area (Å²) in [5, 5.41) is 0.478. The molecule has 5 rings (SSSR count). The summed E-state index contributed by atoms with van der Waals surface area (Å²) in [4.78, 5) is 13.2. The van der Waals surface area contributed by atoms with E-state index < -0.39 is 15.6 Å². The van der Waals surface area contributed by atoms with Crippen LogP contribution in [-0.4, -0.2) is 19.7 Å². The summed E-state index contributed by atoms with van der Waals surface area (Å²) in [5.74, 6) is 3.50. The fourth-order valence-electron chi connectivity index (χ4n) is 5.91. The van der Waals surface area contributed by atoms with Gasteiger partial charge in [0.25, 0.3) is 0 Å². The minimum absolute atomic E-state index is 0.00230. The van der Waals surface area contributed by atoms with Gasteiger partial charge in [-0.05, 0) is 99.8 Å². The number of carbonyl (C=O) groups excluding carboxylic acids is 1. The van der Waals surface area contributed by atoms with Crippen molar-refractivity contribution in [3.63, 3.8) is 0 Å². The number of sulfonamides is 1. The molecular formula is C21H28ClNO3S. The average molecular weight is 410 g/mol. The zero-order valence-electron chi connectivity index (χ0n) is 15.9. The molecule has 148 valence electrons. The largest absolute Gasteiger partial charge is 0.298 e. The Morgan fingerprint density at radius 3 is 2.07 bits per heavy atom. The Morgan fingerprint density at radius 1 is 1.04 bits per heavy atom. The van der Waals surface area contributed by atoms with Crippen LogP contribution in [0.15, 0.2) is 29.2 Å². The molecule has 4 bridgehead atoms. The van der Waals surface area contributed by atoms with Crippen molar-refractivity contribution in [3.8, 4) is 0 Å². The summed E-state index contributed by atoms with van der Waals surface area (Å²) in [7, 11) is -3.77. The lowest BCUT2D eigenvalue weighted by Gasteiger charge is -2.54. The van der Waals surface area contributed by atoms with Crippen molar-refractivity contribution >= 4 is 27.4 Å². The number of nitrogens with one attached hydrogen (secondary N) is 1. The number of Topliss-reactive ketones (excluding diaryl/α,β-unsaturated/α-hetero) is 1. The fourth-order valence-corrected chi connectivity index (χ4v) is 7.43. The molecule has 1 N–H and O–H groups in total. The molecule has 6 heteroatoms. The van der Waals surface area contributed by atoms with Crippen LogP contribution in [0.5, 0.6) is 0 Å². The van der Waals surface area contributed by atoms with E-state index in [0.29, 0.717) is 29.2 Å². The molecule has 4 saturated carbocycles. The minimum atomic E-state index is -3.77. The molecule has 27 heavy (non-hydrogen) atoms. The quantitative estimate of drug-likeness (QED) is 0.755. The predicted molar refractivity (Wildman–Crippen MR) is 106 cm³/mol. The molecule has 4 aliphatic carbocycles. The third-order valence-electron chi connectivity index (χ3n) is 7.05. The van der Waals surface area contributed by atoms with Gasteiger partial charge in [0, 0.05) is 11.4 Å². The molecule has 1 aromatic rings. The highest BCUT2D eigenvalue weighted by atomic mass is 35.5. The second-order valence-corrected chi connectivity index (χ2v) is 11.5. The van der Waals surface area contributed by atoms with Gasteiger partial charge in [-0.3, -0.25) is 4.79 Å². The molecule has 1 aromatic carbocycles. The predicted octanol–water partition coefficient (Wildman–Crippen LogP) is 4.43. The molecule has 0 radical (unpaired) electrons. The maximum Gasteiger partial charge on any atom is 0.241 e. The van der Waals surface area contributed by atoms with Crippen LogP contribution >= 0.6 is 11.6 Å². The third-order valence-corrected chi connectivity index (χ3v) is 8.98. The first-order chi connectivity index (χ1) is 12.6. The Bertz CT molecular complexity index is 803. The van der Waals surface area contributed by atoms with E-state index in [1.165, 1.54) is 44.2 Å². The van der Waals surface area contributed by atoms with E-state index in [4.69, 9.17) is 11.6 Å². The number of halogens is 1. The minimum Gasteiger partial charge on any atom is -0.298 e. The van der Waals surface area contributed by atoms with Gasteiger partial charge in [-0.15, -0.1) is 0 Å². The molecule has 0 heterocycles. The van der Waals surface area contributed by atoms with Crippen LogP contribution in [0.1, 0.15) is 52.4 Å². The fraction of sp³-hybridized carbons (Fsp3) is 0.667. The van der Waals surface area contributed by atoms with Gasteiger partial charge < -0.3 is 0 Å². The van der Waals surface area contributed by atoms with Crippen LogP contribution in [0.3, 0.4) is 0 Å². The second kappa shape index (κ2) is 6.85. The lowest BCUT2D eigenvalue weighted by molar-refractivity contribution is -0.128. The molecule has 0 amide bonds. The molecule has 4 fully saturated rings. The Balaban J connectivity index is 1.45. The summed E-state index contributed by atoms with van der Waals surface area (Å²) in [6.45, 7) is 3.36. The van der Waals surface area contributed by atoms with E-state index in [2.05, 4.69) is 4.72 Å². The first-order valence-corrected chi connectivity index (χ1v) is 11.8. The molecule has 0 unspecified atom stereocenters. The first-order valence-electron chi connectivity index (χ1n) is 9.97. The molecule has 0 aliphatic heterocycles. The maximum atomic E-state index is 13.1. The smallest absolute Gasteiger partial charge is 0.241 e. The zero-order valence-corrected chi connectivity index (χ0v) is 17.5. The molecule has 0 atom stereocenters. The molecular weight excluding hydrogens is 382 g/mol. The van der Waals surface area contributed by atoms with Crippen molar-refractivity contribution in [2.24, 2.45) is 29.6 Å². The first kappa shape index (κ1) is 19.4. The van der Waals surface area contributed by atoms with Crippen LogP contribution in [-0.2, 0) is 14.8 Å². The van der Waals surface area contributed by atoms with Gasteiger partial charge in [-0.1, -0.05) is 11.6 Å². The Morgan fingerprint density at radius 2 is 1.56 bits per heavy atom. The highest BCUT2D eigenvalue weighted by molar-refractivity contribution is 7.89. The van der Waals surface area contributed by atoms with E-state index in [1.807, 2.05) is 0 Å². The van der Waals surface area contributed by atoms with Gasteiger partial charge in [0.05, 0.1) is 10.4 Å². The number of ketones is 1. The van der Waals surface area contributed by atoms with Crippen molar-refractivity contribution in [2.45, 2.75) is 62.8 Å². The topological polar surface area (TPSA) is 63.2 Å². The standard InChI is InChI=1S/C21H28ClNO3S/c1-21(2,23-27(25,26)18-5-3-17(22)4-6-18)20(24)12-19-15-8-13-7-14(10-15)11-16(19)9-13/h3-6,13-16,19,23H,7-12H2,1-2H3. The van der Waals surface area contributed by atoms with Gasteiger partial charge in [0.2, 0.25) is 10.0 Å². The maximum absolute atomic E-state index is 13.1. The number of hydrogen-bond donors (Lipinski definition) is 1. The van der Waals surface area contributed by atoms with Gasteiger partial charge in [0.1, 0.15) is 0 Å².